The smallest absolute Gasteiger partial charge is 0.427 e. The topological polar surface area (TPSA) is 139 Å². The highest BCUT2D eigenvalue weighted by atomic mass is 32.2. The van der Waals surface area contributed by atoms with E-state index in [2.05, 4.69) is 0 Å². The zero-order valence-electron chi connectivity index (χ0n) is 12.4. The van der Waals surface area contributed by atoms with Crippen LogP contribution in [0.4, 0.5) is 0 Å². The van der Waals surface area contributed by atoms with Gasteiger partial charge in [-0.2, -0.15) is 12.7 Å². The maximum absolute atomic E-state index is 12.1. The van der Waals surface area contributed by atoms with Crippen LogP contribution in [0.3, 0.4) is 0 Å². The Kier molecular flexibility index (Phi) is 7.05. The van der Waals surface area contributed by atoms with Gasteiger partial charge >= 0.3 is 17.4 Å². The summed E-state index contributed by atoms with van der Waals surface area (Å²) in [6.45, 7) is 2.74. The summed E-state index contributed by atoms with van der Waals surface area (Å²) in [5, 5.41) is 17.7. The standard InChI is InChI=1S/C11H26BN3O5S/c1-11(14)9-15(21(18,19)20-7-3-6-13)8-10(11)4-2-5-12(16)17/h10,16-17H,2-9,13-14H2,1H3/t10-,11-/m0/s1. The summed E-state index contributed by atoms with van der Waals surface area (Å²) in [7, 11) is -5.12. The molecule has 0 aromatic rings. The average Bonchev–Trinajstić information content (AvgIpc) is 2.65. The largest absolute Gasteiger partial charge is 0.451 e. The third-order valence-electron chi connectivity index (χ3n) is 3.79. The number of hydrogen-bond acceptors (Lipinski definition) is 7. The minimum absolute atomic E-state index is 0.0378. The van der Waals surface area contributed by atoms with Gasteiger partial charge in [-0.3, -0.25) is 4.18 Å². The number of hydrogen-bond donors (Lipinski definition) is 4. The Morgan fingerprint density at radius 2 is 2.10 bits per heavy atom. The third kappa shape index (κ3) is 5.82. The van der Waals surface area contributed by atoms with Crippen LogP contribution in [0.2, 0.25) is 6.32 Å². The van der Waals surface area contributed by atoms with E-state index >= 15 is 0 Å². The summed E-state index contributed by atoms with van der Waals surface area (Å²) in [6.07, 6.45) is 1.95. The molecular formula is C11H26BN3O5S. The van der Waals surface area contributed by atoms with Crippen LogP contribution in [-0.2, 0) is 14.5 Å². The molecule has 0 bridgehead atoms. The summed E-state index contributed by atoms with van der Waals surface area (Å²) in [4.78, 5) is 0. The lowest BCUT2D eigenvalue weighted by Gasteiger charge is -2.25. The van der Waals surface area contributed by atoms with Crippen LogP contribution in [0.25, 0.3) is 0 Å². The molecule has 1 saturated heterocycles. The molecule has 0 amide bonds. The monoisotopic (exact) mass is 323 g/mol. The van der Waals surface area contributed by atoms with Gasteiger partial charge in [-0.25, -0.2) is 0 Å². The molecule has 124 valence electrons. The fraction of sp³-hybridized carbons (Fsp3) is 1.00. The molecule has 0 aromatic heterocycles. The van der Waals surface area contributed by atoms with Crippen LogP contribution >= 0.6 is 0 Å². The molecule has 2 atom stereocenters. The summed E-state index contributed by atoms with van der Waals surface area (Å²) < 4.78 is 30.3. The molecule has 8 nitrogen and oxygen atoms in total. The first-order valence-electron chi connectivity index (χ1n) is 7.18. The Balaban J connectivity index is 2.56. The molecular weight excluding hydrogens is 297 g/mol. The Hall–Kier alpha value is -0.225. The van der Waals surface area contributed by atoms with Crippen molar-refractivity contribution in [2.75, 3.05) is 26.2 Å². The van der Waals surface area contributed by atoms with Gasteiger partial charge < -0.3 is 21.5 Å². The molecule has 1 rings (SSSR count). The summed E-state index contributed by atoms with van der Waals surface area (Å²) in [5.41, 5.74) is 10.8. The zero-order chi connectivity index (χ0) is 16.1. The number of rotatable bonds is 9. The summed E-state index contributed by atoms with van der Waals surface area (Å²) >= 11 is 0. The van der Waals surface area contributed by atoms with E-state index in [1.54, 1.807) is 0 Å². The highest BCUT2D eigenvalue weighted by Crippen LogP contribution is 2.31. The highest BCUT2D eigenvalue weighted by molar-refractivity contribution is 7.84. The van der Waals surface area contributed by atoms with E-state index in [9.17, 15) is 8.42 Å². The summed E-state index contributed by atoms with van der Waals surface area (Å²) in [5.74, 6) is -0.0378. The third-order valence-corrected chi connectivity index (χ3v) is 5.16. The fourth-order valence-corrected chi connectivity index (χ4v) is 3.76. The van der Waals surface area contributed by atoms with Crippen LogP contribution in [0, 0.1) is 5.92 Å². The Bertz CT molecular complexity index is 418. The lowest BCUT2D eigenvalue weighted by molar-refractivity contribution is 0.273. The molecule has 0 radical (unpaired) electrons. The molecule has 10 heteroatoms. The molecule has 1 aliphatic heterocycles. The van der Waals surface area contributed by atoms with E-state index in [1.807, 2.05) is 6.92 Å². The Labute approximate surface area is 126 Å². The van der Waals surface area contributed by atoms with Crippen molar-refractivity contribution in [1.82, 2.24) is 4.31 Å². The average molecular weight is 323 g/mol. The lowest BCUT2D eigenvalue weighted by Crippen LogP contribution is -2.45. The molecule has 1 fully saturated rings. The van der Waals surface area contributed by atoms with Crippen LogP contribution in [0.15, 0.2) is 0 Å². The fourth-order valence-electron chi connectivity index (χ4n) is 2.49. The molecule has 6 N–H and O–H groups in total. The molecule has 0 saturated carbocycles. The second-order valence-corrected chi connectivity index (χ2v) is 7.44. The van der Waals surface area contributed by atoms with Crippen molar-refractivity contribution in [3.8, 4) is 0 Å². The second-order valence-electron chi connectivity index (χ2n) is 5.83. The molecule has 21 heavy (non-hydrogen) atoms. The van der Waals surface area contributed by atoms with Gasteiger partial charge in [-0.05, 0) is 38.5 Å². The minimum Gasteiger partial charge on any atom is -0.427 e. The van der Waals surface area contributed by atoms with Gasteiger partial charge in [0, 0.05) is 18.6 Å². The van der Waals surface area contributed by atoms with Crippen LogP contribution < -0.4 is 11.5 Å². The van der Waals surface area contributed by atoms with Crippen molar-refractivity contribution < 1.29 is 22.6 Å². The molecule has 1 aliphatic rings. The maximum atomic E-state index is 12.1. The van der Waals surface area contributed by atoms with Gasteiger partial charge in [0.2, 0.25) is 0 Å². The van der Waals surface area contributed by atoms with Crippen LogP contribution in [0.5, 0.6) is 0 Å². The van der Waals surface area contributed by atoms with Crippen molar-refractivity contribution in [3.05, 3.63) is 0 Å². The van der Waals surface area contributed by atoms with Gasteiger partial charge in [-0.15, -0.1) is 0 Å². The maximum Gasteiger partial charge on any atom is 0.451 e. The quantitative estimate of drug-likeness (QED) is 0.299. The van der Waals surface area contributed by atoms with Crippen molar-refractivity contribution in [2.45, 2.75) is 38.0 Å². The van der Waals surface area contributed by atoms with Crippen LogP contribution in [-0.4, -0.2) is 61.7 Å². The zero-order valence-corrected chi connectivity index (χ0v) is 13.3. The van der Waals surface area contributed by atoms with E-state index in [0.29, 0.717) is 32.4 Å². The second kappa shape index (κ2) is 7.86. The predicted molar refractivity (Wildman–Crippen MR) is 80.4 cm³/mol. The van der Waals surface area contributed by atoms with E-state index < -0.39 is 23.0 Å². The van der Waals surface area contributed by atoms with Crippen molar-refractivity contribution in [2.24, 2.45) is 17.4 Å². The molecule has 1 heterocycles. The van der Waals surface area contributed by atoms with E-state index in [0.717, 1.165) is 0 Å². The van der Waals surface area contributed by atoms with Gasteiger partial charge in [0.05, 0.1) is 6.61 Å². The van der Waals surface area contributed by atoms with E-state index in [1.165, 1.54) is 4.31 Å². The molecule has 0 aromatic carbocycles. The number of nitrogens with zero attached hydrogens (tertiary/aromatic N) is 1. The van der Waals surface area contributed by atoms with E-state index in [-0.39, 0.29) is 25.4 Å². The first-order chi connectivity index (χ1) is 9.69. The number of nitrogens with two attached hydrogens (primary N) is 2. The molecule has 0 spiro atoms. The first kappa shape index (κ1) is 18.8. The highest BCUT2D eigenvalue weighted by Gasteiger charge is 2.44. The first-order valence-corrected chi connectivity index (χ1v) is 8.55. The van der Waals surface area contributed by atoms with Gasteiger partial charge in [0.15, 0.2) is 0 Å². The predicted octanol–water partition coefficient (Wildman–Crippen LogP) is -1.50. The van der Waals surface area contributed by atoms with Crippen LogP contribution in [0.1, 0.15) is 26.2 Å². The van der Waals surface area contributed by atoms with Gasteiger partial charge in [-0.1, -0.05) is 6.42 Å². The molecule has 0 aliphatic carbocycles. The summed E-state index contributed by atoms with van der Waals surface area (Å²) in [6, 6.07) is 0. The van der Waals surface area contributed by atoms with Crippen molar-refractivity contribution >= 4 is 17.4 Å². The Morgan fingerprint density at radius 1 is 1.43 bits per heavy atom. The van der Waals surface area contributed by atoms with Gasteiger partial charge in [0.1, 0.15) is 0 Å². The lowest BCUT2D eigenvalue weighted by atomic mass is 9.79. The minimum atomic E-state index is -3.78. The molecule has 0 unspecified atom stereocenters. The van der Waals surface area contributed by atoms with E-state index in [4.69, 9.17) is 25.7 Å². The van der Waals surface area contributed by atoms with Gasteiger partial charge in [0.25, 0.3) is 0 Å². The Morgan fingerprint density at radius 3 is 2.67 bits per heavy atom. The van der Waals surface area contributed by atoms with Crippen molar-refractivity contribution in [1.29, 1.82) is 0 Å². The SMILES string of the molecule is C[C@]1(N)CN(S(=O)(=O)OCCCN)C[C@@H]1CCCB(O)O. The normalized spacial score (nSPS) is 27.2. The van der Waals surface area contributed by atoms with Crippen molar-refractivity contribution in [3.63, 3.8) is 0 Å².